The van der Waals surface area contributed by atoms with Crippen LogP contribution in [0.2, 0.25) is 0 Å². The molecule has 2 rings (SSSR count). The molecule has 2 unspecified atom stereocenters. The lowest BCUT2D eigenvalue weighted by Crippen LogP contribution is -2.41. The SMILES string of the molecule is CCCNC(Cc1ccncc1)C1CCCCS1. The molecule has 0 radical (unpaired) electrons. The Morgan fingerprint density at radius 2 is 2.22 bits per heavy atom. The quantitative estimate of drug-likeness (QED) is 0.853. The highest BCUT2D eigenvalue weighted by Crippen LogP contribution is 2.28. The van der Waals surface area contributed by atoms with Crippen LogP contribution < -0.4 is 5.32 Å². The van der Waals surface area contributed by atoms with Crippen molar-refractivity contribution in [2.24, 2.45) is 0 Å². The van der Waals surface area contributed by atoms with Crippen LogP contribution in [0.5, 0.6) is 0 Å². The van der Waals surface area contributed by atoms with Crippen LogP contribution >= 0.6 is 11.8 Å². The molecule has 2 nitrogen and oxygen atoms in total. The predicted octanol–water partition coefficient (Wildman–Crippen LogP) is 3.28. The second-order valence-corrected chi connectivity index (χ2v) is 6.37. The van der Waals surface area contributed by atoms with Crippen LogP contribution in [0.15, 0.2) is 24.5 Å². The number of hydrogen-bond donors (Lipinski definition) is 1. The number of nitrogens with one attached hydrogen (secondary N) is 1. The van der Waals surface area contributed by atoms with E-state index in [9.17, 15) is 0 Å². The molecule has 1 fully saturated rings. The maximum Gasteiger partial charge on any atom is 0.0270 e. The fourth-order valence-electron chi connectivity index (χ4n) is 2.52. The van der Waals surface area contributed by atoms with Crippen molar-refractivity contribution in [1.82, 2.24) is 10.3 Å². The Bertz CT molecular complexity index is 323. The van der Waals surface area contributed by atoms with Gasteiger partial charge in [0.2, 0.25) is 0 Å². The largest absolute Gasteiger partial charge is 0.313 e. The van der Waals surface area contributed by atoms with Gasteiger partial charge in [-0.2, -0.15) is 11.8 Å². The maximum absolute atomic E-state index is 4.10. The third-order valence-corrected chi connectivity index (χ3v) is 5.04. The van der Waals surface area contributed by atoms with Gasteiger partial charge in [0.25, 0.3) is 0 Å². The van der Waals surface area contributed by atoms with E-state index in [0.717, 1.165) is 18.2 Å². The average Bonchev–Trinajstić information content (AvgIpc) is 2.45. The van der Waals surface area contributed by atoms with E-state index in [1.165, 1.54) is 37.0 Å². The zero-order chi connectivity index (χ0) is 12.6. The van der Waals surface area contributed by atoms with E-state index < -0.39 is 0 Å². The maximum atomic E-state index is 4.10. The molecule has 0 spiro atoms. The van der Waals surface area contributed by atoms with E-state index in [1.807, 2.05) is 12.4 Å². The molecule has 0 bridgehead atoms. The summed E-state index contributed by atoms with van der Waals surface area (Å²) >= 11 is 2.16. The molecule has 0 amide bonds. The van der Waals surface area contributed by atoms with Crippen LogP contribution in [-0.4, -0.2) is 28.6 Å². The minimum Gasteiger partial charge on any atom is -0.313 e. The van der Waals surface area contributed by atoms with Crippen LogP contribution in [0.25, 0.3) is 0 Å². The van der Waals surface area contributed by atoms with Crippen molar-refractivity contribution in [3.05, 3.63) is 30.1 Å². The van der Waals surface area contributed by atoms with Gasteiger partial charge in [-0.3, -0.25) is 4.98 Å². The highest BCUT2D eigenvalue weighted by Gasteiger charge is 2.23. The Kier molecular flexibility index (Phi) is 6.01. The lowest BCUT2D eigenvalue weighted by Gasteiger charge is -2.30. The lowest BCUT2D eigenvalue weighted by atomic mass is 10.00. The minimum absolute atomic E-state index is 0.623. The van der Waals surface area contributed by atoms with Crippen LogP contribution in [0.1, 0.15) is 38.2 Å². The molecule has 2 atom stereocenters. The number of thioether (sulfide) groups is 1. The van der Waals surface area contributed by atoms with Crippen molar-refractivity contribution in [2.75, 3.05) is 12.3 Å². The van der Waals surface area contributed by atoms with Gasteiger partial charge in [0.15, 0.2) is 0 Å². The summed E-state index contributed by atoms with van der Waals surface area (Å²) in [7, 11) is 0. The lowest BCUT2D eigenvalue weighted by molar-refractivity contribution is 0.461. The smallest absolute Gasteiger partial charge is 0.0270 e. The summed E-state index contributed by atoms with van der Waals surface area (Å²) in [5.41, 5.74) is 1.41. The zero-order valence-corrected chi connectivity index (χ0v) is 12.1. The number of hydrogen-bond acceptors (Lipinski definition) is 3. The molecule has 0 aromatic carbocycles. The summed E-state index contributed by atoms with van der Waals surface area (Å²) in [6, 6.07) is 4.92. The van der Waals surface area contributed by atoms with Crippen LogP contribution in [-0.2, 0) is 6.42 Å². The molecule has 2 heterocycles. The molecule has 0 saturated carbocycles. The van der Waals surface area contributed by atoms with E-state index in [1.54, 1.807) is 0 Å². The number of aromatic nitrogens is 1. The van der Waals surface area contributed by atoms with Gasteiger partial charge < -0.3 is 5.32 Å². The van der Waals surface area contributed by atoms with Gasteiger partial charge in [-0.15, -0.1) is 0 Å². The van der Waals surface area contributed by atoms with Crippen LogP contribution in [0, 0.1) is 0 Å². The van der Waals surface area contributed by atoms with Gasteiger partial charge in [-0.25, -0.2) is 0 Å². The van der Waals surface area contributed by atoms with Gasteiger partial charge in [-0.05, 0) is 55.7 Å². The normalized spacial score (nSPS) is 21.7. The van der Waals surface area contributed by atoms with Crippen LogP contribution in [0.4, 0.5) is 0 Å². The third-order valence-electron chi connectivity index (χ3n) is 3.53. The molecule has 3 heteroatoms. The van der Waals surface area contributed by atoms with Crippen molar-refractivity contribution in [1.29, 1.82) is 0 Å². The van der Waals surface area contributed by atoms with Gasteiger partial charge in [0.1, 0.15) is 0 Å². The molecule has 0 aliphatic carbocycles. The zero-order valence-electron chi connectivity index (χ0n) is 11.3. The first-order chi connectivity index (χ1) is 8.90. The minimum atomic E-state index is 0.623. The number of pyridine rings is 1. The number of rotatable bonds is 6. The first-order valence-corrected chi connectivity index (χ1v) is 8.19. The Morgan fingerprint density at radius 1 is 1.39 bits per heavy atom. The molecule has 1 aliphatic rings. The summed E-state index contributed by atoms with van der Waals surface area (Å²) in [6.07, 6.45) is 10.3. The van der Waals surface area contributed by atoms with E-state index in [0.29, 0.717) is 6.04 Å². The summed E-state index contributed by atoms with van der Waals surface area (Å²) in [6.45, 7) is 3.37. The third kappa shape index (κ3) is 4.29. The van der Waals surface area contributed by atoms with E-state index in [2.05, 4.69) is 41.1 Å². The molecule has 1 aliphatic heterocycles. The summed E-state index contributed by atoms with van der Waals surface area (Å²) < 4.78 is 0. The second kappa shape index (κ2) is 7.80. The van der Waals surface area contributed by atoms with Crippen molar-refractivity contribution >= 4 is 11.8 Å². The Balaban J connectivity index is 1.95. The van der Waals surface area contributed by atoms with Gasteiger partial charge in [0.05, 0.1) is 0 Å². The van der Waals surface area contributed by atoms with Gasteiger partial charge in [0, 0.05) is 23.7 Å². The van der Waals surface area contributed by atoms with E-state index in [4.69, 9.17) is 0 Å². The molecule has 100 valence electrons. The molecule has 1 saturated heterocycles. The summed E-state index contributed by atoms with van der Waals surface area (Å²) in [5, 5.41) is 4.54. The van der Waals surface area contributed by atoms with Gasteiger partial charge in [-0.1, -0.05) is 13.3 Å². The van der Waals surface area contributed by atoms with Crippen molar-refractivity contribution in [3.8, 4) is 0 Å². The molecular weight excluding hydrogens is 240 g/mol. The van der Waals surface area contributed by atoms with Crippen molar-refractivity contribution < 1.29 is 0 Å². The van der Waals surface area contributed by atoms with Gasteiger partial charge >= 0.3 is 0 Å². The number of nitrogens with zero attached hydrogens (tertiary/aromatic N) is 1. The van der Waals surface area contributed by atoms with Crippen LogP contribution in [0.3, 0.4) is 0 Å². The molecule has 1 aromatic rings. The Labute approximate surface area is 115 Å². The standard InChI is InChI=1S/C15H24N2S/c1-2-8-17-14(15-5-3-4-11-18-15)12-13-6-9-16-10-7-13/h6-7,9-10,14-15,17H,2-5,8,11-12H2,1H3. The first kappa shape index (κ1) is 13.9. The fraction of sp³-hybridized carbons (Fsp3) is 0.667. The molecule has 1 aromatic heterocycles. The molecule has 18 heavy (non-hydrogen) atoms. The topological polar surface area (TPSA) is 24.9 Å². The second-order valence-electron chi connectivity index (χ2n) is 5.03. The van der Waals surface area contributed by atoms with Crippen molar-refractivity contribution in [3.63, 3.8) is 0 Å². The van der Waals surface area contributed by atoms with E-state index >= 15 is 0 Å². The van der Waals surface area contributed by atoms with Crippen molar-refractivity contribution in [2.45, 2.75) is 50.3 Å². The summed E-state index contributed by atoms with van der Waals surface area (Å²) in [5.74, 6) is 1.34. The average molecular weight is 264 g/mol. The van der Waals surface area contributed by atoms with E-state index in [-0.39, 0.29) is 0 Å². The highest BCUT2D eigenvalue weighted by atomic mass is 32.2. The first-order valence-electron chi connectivity index (χ1n) is 7.14. The molecule has 1 N–H and O–H groups in total. The predicted molar refractivity (Wildman–Crippen MR) is 80.1 cm³/mol. The fourth-order valence-corrected chi connectivity index (χ4v) is 3.95. The Morgan fingerprint density at radius 3 is 2.89 bits per heavy atom. The monoisotopic (exact) mass is 264 g/mol. The summed E-state index contributed by atoms with van der Waals surface area (Å²) in [4.78, 5) is 4.10. The Hall–Kier alpha value is -0.540. The highest BCUT2D eigenvalue weighted by molar-refractivity contribution is 8.00. The molecular formula is C15H24N2S.